The Morgan fingerprint density at radius 2 is 1.37 bits per heavy atom. The number of benzene rings is 7. The third-order valence-corrected chi connectivity index (χ3v) is 9.97. The Kier molecular flexibility index (Phi) is 8.57. The van der Waals surface area contributed by atoms with E-state index in [9.17, 15) is 0 Å². The predicted octanol–water partition coefficient (Wildman–Crippen LogP) is 14.9. The van der Waals surface area contributed by atoms with Crippen LogP contribution in [0.5, 0.6) is 0 Å². The van der Waals surface area contributed by atoms with Crippen molar-refractivity contribution in [2.24, 2.45) is 5.41 Å². The van der Waals surface area contributed by atoms with Crippen molar-refractivity contribution in [2.75, 3.05) is 0 Å². The maximum atomic E-state index is 8.89. The van der Waals surface area contributed by atoms with E-state index >= 15 is 0 Å². The van der Waals surface area contributed by atoms with Gasteiger partial charge in [0.25, 0.3) is 0 Å². The first-order valence-electron chi connectivity index (χ1n) is 22.9. The summed E-state index contributed by atoms with van der Waals surface area (Å²) in [6.45, 7) is 7.12. The molecule has 3 heteroatoms. The van der Waals surface area contributed by atoms with Gasteiger partial charge in [-0.3, -0.25) is 0 Å². The molecule has 0 spiro atoms. The first kappa shape index (κ1) is 30.8. The fourth-order valence-corrected chi connectivity index (χ4v) is 7.17. The van der Waals surface area contributed by atoms with Gasteiger partial charge >= 0.3 is 20.1 Å². The van der Waals surface area contributed by atoms with Crippen LogP contribution in [0.3, 0.4) is 0 Å². The zero-order chi connectivity index (χ0) is 46.0. The normalized spacial score (nSPS) is 14.6. The smallest absolute Gasteiger partial charge is 0.510 e. The summed E-state index contributed by atoms with van der Waals surface area (Å²) in [5.74, 6) is 0. The van der Waals surface area contributed by atoms with Crippen molar-refractivity contribution in [3.63, 3.8) is 0 Å². The van der Waals surface area contributed by atoms with Crippen molar-refractivity contribution in [3.8, 4) is 33.5 Å². The molecule has 9 aromatic rings. The van der Waals surface area contributed by atoms with Crippen LogP contribution < -0.4 is 0 Å². The van der Waals surface area contributed by atoms with Crippen LogP contribution in [0.25, 0.3) is 77.0 Å². The molecule has 7 aromatic carbocycles. The van der Waals surface area contributed by atoms with E-state index in [-0.39, 0.29) is 36.6 Å². The second kappa shape index (κ2) is 15.9. The van der Waals surface area contributed by atoms with Gasteiger partial charge in [-0.1, -0.05) is 151 Å². The molecule has 0 bridgehead atoms. The largest absolute Gasteiger partial charge is 3.00 e. The van der Waals surface area contributed by atoms with Crippen LogP contribution in [-0.2, 0) is 31.9 Å². The van der Waals surface area contributed by atoms with Crippen molar-refractivity contribution in [2.45, 2.75) is 67.0 Å². The molecule has 0 N–H and O–H groups in total. The molecular weight excluding hydrogens is 871 g/mol. The SMILES string of the molecule is [2H]C([2H])([2H])c1c[c-]c(-c2[c-]ccc3c2oc2c3ccc3ccc4ccccc4c32)cc1C([2H])([2H])C(C)(C)C.[2H]C([2H])([2H])c1c[c-]c(-c2cc(C(C)(C)C)ccn2)cc1-c1ccccc1.[Ir+3]. The van der Waals surface area contributed by atoms with Crippen LogP contribution in [0.1, 0.15) is 74.8 Å². The number of hydrogen-bond acceptors (Lipinski definition) is 2. The fourth-order valence-electron chi connectivity index (χ4n) is 7.17. The standard InChI is InChI=1S/C32H26O.C22H22N.Ir/c1-20-12-13-23(18-24(20)19-32(2,3)4)26-10-7-11-27-28-17-16-22-15-14-21-8-5-6-9-25(21)29(22)31(28)33-30(26)27;1-16-10-11-18(14-20(16)17-8-6-5-7-9-17)21-15-19(12-13-23-21)22(2,3)4;/h5-9,11-12,14-18H,19H2,1-4H3;5-10,12-15H,1-4H3;/q-2;-1;+3/i1D3,19D2;1D3;. The van der Waals surface area contributed by atoms with Crippen molar-refractivity contribution in [1.29, 1.82) is 0 Å². The van der Waals surface area contributed by atoms with Gasteiger partial charge in [-0.05, 0) is 56.2 Å². The minimum atomic E-state index is -2.47. The van der Waals surface area contributed by atoms with E-state index in [0.717, 1.165) is 54.7 Å². The molecule has 9 rings (SSSR count). The van der Waals surface area contributed by atoms with E-state index < -0.39 is 25.5 Å². The Morgan fingerprint density at radius 3 is 2.14 bits per heavy atom. The van der Waals surface area contributed by atoms with Gasteiger partial charge in [-0.25, -0.2) is 5.56 Å². The Labute approximate surface area is 362 Å². The number of furan rings is 1. The molecule has 2 heterocycles. The van der Waals surface area contributed by atoms with Crippen LogP contribution in [-0.4, -0.2) is 4.98 Å². The number of pyridine rings is 1. The third kappa shape index (κ3) is 8.24. The number of aryl methyl sites for hydroxylation is 2. The van der Waals surface area contributed by atoms with Crippen molar-refractivity contribution in [1.82, 2.24) is 4.98 Å². The van der Waals surface area contributed by atoms with Crippen LogP contribution in [0.4, 0.5) is 0 Å². The van der Waals surface area contributed by atoms with Crippen LogP contribution in [0, 0.1) is 37.3 Å². The molecule has 0 atom stereocenters. The molecule has 0 aliphatic rings. The zero-order valence-corrected chi connectivity index (χ0v) is 35.3. The topological polar surface area (TPSA) is 26.0 Å². The van der Waals surface area contributed by atoms with Gasteiger partial charge in [0.2, 0.25) is 0 Å². The number of rotatable bonds is 4. The van der Waals surface area contributed by atoms with Crippen molar-refractivity contribution < 1.29 is 35.5 Å². The molecule has 0 saturated carbocycles. The van der Waals surface area contributed by atoms with Gasteiger partial charge in [0, 0.05) is 33.5 Å². The molecular formula is C54H48IrNO. The van der Waals surface area contributed by atoms with E-state index in [1.165, 1.54) is 11.6 Å². The average molecular weight is 927 g/mol. The summed E-state index contributed by atoms with van der Waals surface area (Å²) in [7, 11) is 0. The van der Waals surface area contributed by atoms with E-state index in [0.29, 0.717) is 27.8 Å². The molecule has 0 saturated heterocycles. The molecule has 0 aliphatic carbocycles. The summed E-state index contributed by atoms with van der Waals surface area (Å²) in [4.78, 5) is 4.48. The number of hydrogen-bond donors (Lipinski definition) is 0. The van der Waals surface area contributed by atoms with Gasteiger partial charge in [0.05, 0.1) is 0 Å². The monoisotopic (exact) mass is 927 g/mol. The molecule has 0 unspecified atom stereocenters. The first-order valence-corrected chi connectivity index (χ1v) is 18.9. The summed E-state index contributed by atoms with van der Waals surface area (Å²) in [5, 5.41) is 6.24. The Balaban J connectivity index is 0.000000205. The third-order valence-electron chi connectivity index (χ3n) is 9.97. The quantitative estimate of drug-likeness (QED) is 0.130. The van der Waals surface area contributed by atoms with Gasteiger partial charge in [-0.15, -0.1) is 46.5 Å². The fraction of sp³-hybridized carbons (Fsp3) is 0.204. The zero-order valence-electron chi connectivity index (χ0n) is 40.9. The maximum Gasteiger partial charge on any atom is 3.00 e. The number of aromatic nitrogens is 1. The summed E-state index contributed by atoms with van der Waals surface area (Å²) in [6.07, 6.45) is -0.110. The van der Waals surface area contributed by atoms with Crippen LogP contribution in [0.15, 0.2) is 138 Å². The predicted molar refractivity (Wildman–Crippen MR) is 237 cm³/mol. The van der Waals surface area contributed by atoms with E-state index in [2.05, 4.69) is 86.4 Å². The summed E-state index contributed by atoms with van der Waals surface area (Å²) in [6, 6.07) is 50.0. The first-order chi connectivity index (χ1) is 30.0. The van der Waals surface area contributed by atoms with Crippen molar-refractivity contribution >= 4 is 43.5 Å². The molecule has 0 amide bonds. The second-order valence-electron chi connectivity index (χ2n) is 16.3. The van der Waals surface area contributed by atoms with E-state index in [4.69, 9.17) is 15.4 Å². The molecule has 2 nitrogen and oxygen atoms in total. The Bertz CT molecular complexity index is 3190. The molecule has 284 valence electrons. The van der Waals surface area contributed by atoms with Crippen molar-refractivity contribution in [3.05, 3.63) is 174 Å². The van der Waals surface area contributed by atoms with Gasteiger partial charge in [0.15, 0.2) is 0 Å². The number of nitrogens with zero attached hydrogens (tertiary/aromatic N) is 1. The van der Waals surface area contributed by atoms with Gasteiger partial charge in [0.1, 0.15) is 5.58 Å². The van der Waals surface area contributed by atoms with Crippen LogP contribution in [0.2, 0.25) is 0 Å². The summed E-state index contributed by atoms with van der Waals surface area (Å²) < 4.78 is 72.0. The van der Waals surface area contributed by atoms with Gasteiger partial charge in [-0.2, -0.15) is 35.9 Å². The summed E-state index contributed by atoms with van der Waals surface area (Å²) >= 11 is 0. The molecule has 57 heavy (non-hydrogen) atoms. The Hall–Kier alpha value is -5.34. The molecule has 0 fully saturated rings. The second-order valence-corrected chi connectivity index (χ2v) is 16.3. The average Bonchev–Trinajstić information content (AvgIpc) is 3.64. The van der Waals surface area contributed by atoms with E-state index in [1.807, 2.05) is 66.7 Å². The Morgan fingerprint density at radius 1 is 0.667 bits per heavy atom. The van der Waals surface area contributed by atoms with Gasteiger partial charge < -0.3 is 9.40 Å². The molecule has 0 aliphatic heterocycles. The minimum absolute atomic E-state index is 0. The van der Waals surface area contributed by atoms with E-state index in [1.54, 1.807) is 39.1 Å². The minimum Gasteiger partial charge on any atom is -0.510 e. The molecule has 2 aromatic heterocycles. The number of fused-ring (bicyclic) bond motifs is 7. The molecule has 0 radical (unpaired) electrons. The summed E-state index contributed by atoms with van der Waals surface area (Å²) in [5.41, 5.74) is 6.48. The maximum absolute atomic E-state index is 8.89. The van der Waals surface area contributed by atoms with Crippen LogP contribution >= 0.6 is 0 Å².